The Morgan fingerprint density at radius 3 is 2.00 bits per heavy atom. The number of aliphatic hydroxyl groups is 1. The summed E-state index contributed by atoms with van der Waals surface area (Å²) in [5.41, 5.74) is 3.81. The van der Waals surface area contributed by atoms with Gasteiger partial charge in [-0.15, -0.1) is 0 Å². The summed E-state index contributed by atoms with van der Waals surface area (Å²) in [4.78, 5) is 13.2. The number of aliphatic hydroxyl groups excluding tert-OH is 1. The number of methoxy groups -OCH3 is 2. The van der Waals surface area contributed by atoms with E-state index < -0.39 is 11.5 Å². The molecular weight excluding hydrogens is 452 g/mol. The number of rotatable bonds is 11. The smallest absolute Gasteiger partial charge is 0.309 e. The average Bonchev–Trinajstić information content (AvgIpc) is 2.87. The van der Waals surface area contributed by atoms with Gasteiger partial charge in [-0.3, -0.25) is 4.79 Å². The van der Waals surface area contributed by atoms with Crippen LogP contribution in [0.15, 0.2) is 72.8 Å². The molecule has 0 aliphatic heterocycles. The fraction of sp³-hybridized carbons (Fsp3) is 0.387. The minimum atomic E-state index is -0.588. The van der Waals surface area contributed by atoms with Crippen LogP contribution >= 0.6 is 0 Å². The molecule has 0 aromatic heterocycles. The van der Waals surface area contributed by atoms with Gasteiger partial charge in [-0.2, -0.15) is 0 Å². The molecule has 3 aromatic carbocycles. The van der Waals surface area contributed by atoms with Crippen molar-refractivity contribution < 1.29 is 24.1 Å². The van der Waals surface area contributed by atoms with Gasteiger partial charge < -0.3 is 19.3 Å². The third-order valence-corrected chi connectivity index (χ3v) is 6.13. The van der Waals surface area contributed by atoms with Crippen molar-refractivity contribution in [1.82, 2.24) is 0 Å². The van der Waals surface area contributed by atoms with E-state index in [1.165, 1.54) is 5.56 Å². The Morgan fingerprint density at radius 1 is 0.806 bits per heavy atom. The first-order valence-electron chi connectivity index (χ1n) is 12.4. The molecule has 0 amide bonds. The van der Waals surface area contributed by atoms with Crippen LogP contribution in [0.2, 0.25) is 0 Å². The Balaban J connectivity index is 1.76. The van der Waals surface area contributed by atoms with Gasteiger partial charge in [0.05, 0.1) is 20.1 Å². The van der Waals surface area contributed by atoms with Crippen LogP contribution in [0.25, 0.3) is 11.1 Å². The average molecular weight is 491 g/mol. The van der Waals surface area contributed by atoms with Crippen LogP contribution in [0.1, 0.15) is 38.3 Å². The maximum Gasteiger partial charge on any atom is 0.309 e. The maximum atomic E-state index is 13.2. The maximum absolute atomic E-state index is 13.2. The van der Waals surface area contributed by atoms with Crippen LogP contribution in [0.5, 0.6) is 11.5 Å². The van der Waals surface area contributed by atoms with Gasteiger partial charge in [-0.1, -0.05) is 60.7 Å². The minimum Gasteiger partial charge on any atom is -0.493 e. The summed E-state index contributed by atoms with van der Waals surface area (Å²) >= 11 is 0. The van der Waals surface area contributed by atoms with Crippen molar-refractivity contribution in [3.05, 3.63) is 83.9 Å². The molecule has 5 heteroatoms. The number of hydrogen-bond donors (Lipinski definition) is 1. The second kappa shape index (κ2) is 12.6. The monoisotopic (exact) mass is 490 g/mol. The van der Waals surface area contributed by atoms with E-state index in [0.29, 0.717) is 30.8 Å². The summed E-state index contributed by atoms with van der Waals surface area (Å²) in [5.74, 6) is 0.529. The Hall–Kier alpha value is -3.31. The zero-order valence-electron chi connectivity index (χ0n) is 22.0. The standard InChI is InChI=1S/C31H38O5/c1-31(2,3)36-30(33)27(18-23-13-16-28(34-4)29(20-23)35-5)19-24(21-32)17-22-11-14-26(15-12-22)25-9-7-6-8-10-25/h6-16,20,24,27,32H,17-19,21H2,1-5H3/t24-,27-/m1/s1. The molecular formula is C31H38O5. The van der Waals surface area contributed by atoms with Crippen LogP contribution in [0.4, 0.5) is 0 Å². The fourth-order valence-electron chi connectivity index (χ4n) is 4.36. The SMILES string of the molecule is COc1ccc(C[C@H](C[C@H](CO)Cc2ccc(-c3ccccc3)cc2)C(=O)OC(C)(C)C)cc1OC. The number of esters is 1. The summed E-state index contributed by atoms with van der Waals surface area (Å²) in [7, 11) is 3.19. The minimum absolute atomic E-state index is 0.00827. The summed E-state index contributed by atoms with van der Waals surface area (Å²) in [6, 6.07) is 24.3. The van der Waals surface area contributed by atoms with Crippen molar-refractivity contribution in [2.24, 2.45) is 11.8 Å². The van der Waals surface area contributed by atoms with Crippen LogP contribution in [0.3, 0.4) is 0 Å². The van der Waals surface area contributed by atoms with Gasteiger partial charge in [-0.25, -0.2) is 0 Å². The highest BCUT2D eigenvalue weighted by Crippen LogP contribution is 2.31. The Morgan fingerprint density at radius 2 is 1.42 bits per heavy atom. The summed E-state index contributed by atoms with van der Waals surface area (Å²) in [6.07, 6.45) is 1.68. The number of carbonyl (C=O) groups excluding carboxylic acids is 1. The molecule has 0 unspecified atom stereocenters. The highest BCUT2D eigenvalue weighted by molar-refractivity contribution is 5.73. The van der Waals surface area contributed by atoms with Crippen LogP contribution in [0, 0.1) is 11.8 Å². The zero-order chi connectivity index (χ0) is 26.1. The third kappa shape index (κ3) is 7.85. The summed E-state index contributed by atoms with van der Waals surface area (Å²) in [6.45, 7) is 5.61. The molecule has 0 saturated carbocycles. The topological polar surface area (TPSA) is 65.0 Å². The van der Waals surface area contributed by atoms with Gasteiger partial charge in [0.2, 0.25) is 0 Å². The Labute approximate surface area is 215 Å². The van der Waals surface area contributed by atoms with Gasteiger partial charge >= 0.3 is 5.97 Å². The van der Waals surface area contributed by atoms with Gasteiger partial charge in [0.25, 0.3) is 0 Å². The second-order valence-corrected chi connectivity index (χ2v) is 10.2. The molecule has 0 fully saturated rings. The van der Waals surface area contributed by atoms with Gasteiger partial charge in [-0.05, 0) is 80.3 Å². The lowest BCUT2D eigenvalue weighted by molar-refractivity contribution is -0.160. The molecule has 3 aromatic rings. The van der Waals surface area contributed by atoms with Gasteiger partial charge in [0.15, 0.2) is 11.5 Å². The number of ether oxygens (including phenoxy) is 3. The van der Waals surface area contributed by atoms with E-state index in [1.54, 1.807) is 14.2 Å². The van der Waals surface area contributed by atoms with Crippen LogP contribution in [-0.2, 0) is 22.4 Å². The molecule has 0 aliphatic carbocycles. The normalized spacial score (nSPS) is 13.1. The number of carbonyl (C=O) groups is 1. The third-order valence-electron chi connectivity index (χ3n) is 6.13. The first-order valence-corrected chi connectivity index (χ1v) is 12.4. The van der Waals surface area contributed by atoms with Crippen molar-refractivity contribution in [3.63, 3.8) is 0 Å². The van der Waals surface area contributed by atoms with Crippen molar-refractivity contribution in [3.8, 4) is 22.6 Å². The quantitative estimate of drug-likeness (QED) is 0.329. The zero-order valence-corrected chi connectivity index (χ0v) is 22.0. The van der Waals surface area contributed by atoms with E-state index in [-0.39, 0.29) is 18.5 Å². The molecule has 0 spiro atoms. The molecule has 0 bridgehead atoms. The van der Waals surface area contributed by atoms with Crippen molar-refractivity contribution in [1.29, 1.82) is 0 Å². The van der Waals surface area contributed by atoms with E-state index in [1.807, 2.05) is 57.2 Å². The van der Waals surface area contributed by atoms with Gasteiger partial charge in [0.1, 0.15) is 5.60 Å². The summed E-state index contributed by atoms with van der Waals surface area (Å²) in [5, 5.41) is 10.2. The van der Waals surface area contributed by atoms with Crippen molar-refractivity contribution >= 4 is 5.97 Å². The molecule has 1 N–H and O–H groups in total. The number of hydrogen-bond acceptors (Lipinski definition) is 5. The lowest BCUT2D eigenvalue weighted by Gasteiger charge is -2.26. The molecule has 0 radical (unpaired) electrons. The molecule has 0 saturated heterocycles. The highest BCUT2D eigenvalue weighted by Gasteiger charge is 2.28. The first kappa shape index (κ1) is 27.3. The fourth-order valence-corrected chi connectivity index (χ4v) is 4.36. The van der Waals surface area contributed by atoms with E-state index in [0.717, 1.165) is 16.7 Å². The summed E-state index contributed by atoms with van der Waals surface area (Å²) < 4.78 is 16.5. The van der Waals surface area contributed by atoms with E-state index >= 15 is 0 Å². The Kier molecular flexibility index (Phi) is 9.54. The molecule has 5 nitrogen and oxygen atoms in total. The molecule has 2 atom stereocenters. The molecule has 0 aliphatic rings. The number of benzene rings is 3. The lowest BCUT2D eigenvalue weighted by Crippen LogP contribution is -2.31. The molecule has 3 rings (SSSR count). The predicted molar refractivity (Wildman–Crippen MR) is 143 cm³/mol. The van der Waals surface area contributed by atoms with Gasteiger partial charge in [0, 0.05) is 6.61 Å². The van der Waals surface area contributed by atoms with Crippen molar-refractivity contribution in [2.45, 2.75) is 45.6 Å². The van der Waals surface area contributed by atoms with E-state index in [9.17, 15) is 9.90 Å². The highest BCUT2D eigenvalue weighted by atomic mass is 16.6. The van der Waals surface area contributed by atoms with Crippen LogP contribution in [-0.4, -0.2) is 37.5 Å². The Bertz CT molecular complexity index is 1100. The van der Waals surface area contributed by atoms with E-state index in [4.69, 9.17) is 14.2 Å². The largest absolute Gasteiger partial charge is 0.493 e. The lowest BCUT2D eigenvalue weighted by atomic mass is 9.86. The molecule has 0 heterocycles. The first-order chi connectivity index (χ1) is 17.2. The second-order valence-electron chi connectivity index (χ2n) is 10.2. The van der Waals surface area contributed by atoms with Crippen molar-refractivity contribution in [2.75, 3.05) is 20.8 Å². The van der Waals surface area contributed by atoms with E-state index in [2.05, 4.69) is 36.4 Å². The molecule has 192 valence electrons. The predicted octanol–water partition coefficient (Wildman–Crippen LogP) is 6.11. The molecule has 36 heavy (non-hydrogen) atoms. The van der Waals surface area contributed by atoms with Crippen LogP contribution < -0.4 is 9.47 Å².